The minimum Gasteiger partial charge on any atom is -0.340 e. The fraction of sp³-hybridized carbons (Fsp3) is 0.364. The van der Waals surface area contributed by atoms with Crippen LogP contribution in [0.25, 0.3) is 0 Å². The second-order valence-corrected chi connectivity index (χ2v) is 9.22. The van der Waals surface area contributed by atoms with Crippen LogP contribution < -0.4 is 10.6 Å². The average molecular weight is 450 g/mol. The molecule has 0 unspecified atom stereocenters. The molecule has 2 rings (SSSR count). The maximum atomic E-state index is 13.9. The van der Waals surface area contributed by atoms with Crippen molar-refractivity contribution in [2.45, 2.75) is 38.6 Å². The largest absolute Gasteiger partial charge is 0.340 e. The van der Waals surface area contributed by atoms with Crippen LogP contribution in [0.2, 0.25) is 0 Å². The van der Waals surface area contributed by atoms with Crippen molar-refractivity contribution >= 4 is 27.5 Å². The van der Waals surface area contributed by atoms with E-state index in [1.54, 1.807) is 33.8 Å². The predicted molar refractivity (Wildman–Crippen MR) is 118 cm³/mol. The van der Waals surface area contributed by atoms with Crippen molar-refractivity contribution in [3.8, 4) is 0 Å². The highest BCUT2D eigenvalue weighted by Gasteiger charge is 2.27. The van der Waals surface area contributed by atoms with E-state index >= 15 is 0 Å². The van der Waals surface area contributed by atoms with Crippen LogP contribution in [0.5, 0.6) is 0 Å². The standard InChI is InChI=1S/C22H28FN3O4S/c1-5-26(6-2)31(29,30)17-11-9-10-16(14-17)24-22(28)20(15(3)4)25-21(27)18-12-7-8-13-19(18)23/h7-15,20H,5-6H2,1-4H3,(H,24,28)(H,25,27)/t20-/m0/s1. The fourth-order valence-corrected chi connectivity index (χ4v) is 4.57. The Morgan fingerprint density at radius 2 is 1.68 bits per heavy atom. The van der Waals surface area contributed by atoms with Crippen LogP contribution in [-0.2, 0) is 14.8 Å². The van der Waals surface area contributed by atoms with Crippen molar-refractivity contribution in [2.24, 2.45) is 5.92 Å². The molecule has 0 spiro atoms. The Hall–Kier alpha value is -2.78. The van der Waals surface area contributed by atoms with Gasteiger partial charge in [-0.3, -0.25) is 9.59 Å². The maximum Gasteiger partial charge on any atom is 0.254 e. The Morgan fingerprint density at radius 3 is 2.26 bits per heavy atom. The van der Waals surface area contributed by atoms with Crippen LogP contribution in [0.15, 0.2) is 53.4 Å². The summed E-state index contributed by atoms with van der Waals surface area (Å²) in [5, 5.41) is 5.21. The van der Waals surface area contributed by atoms with E-state index in [2.05, 4.69) is 10.6 Å². The zero-order valence-electron chi connectivity index (χ0n) is 18.1. The molecular formula is C22H28FN3O4S. The summed E-state index contributed by atoms with van der Waals surface area (Å²) in [6, 6.07) is 10.5. The Balaban J connectivity index is 2.22. The van der Waals surface area contributed by atoms with Gasteiger partial charge in [0.2, 0.25) is 15.9 Å². The highest BCUT2D eigenvalue weighted by atomic mass is 32.2. The summed E-state index contributed by atoms with van der Waals surface area (Å²) in [5.74, 6) is -2.21. The Bertz CT molecular complexity index is 1040. The first-order chi connectivity index (χ1) is 14.6. The summed E-state index contributed by atoms with van der Waals surface area (Å²) < 4.78 is 40.7. The number of nitrogens with one attached hydrogen (secondary N) is 2. The number of nitrogens with zero attached hydrogens (tertiary/aromatic N) is 1. The monoisotopic (exact) mass is 449 g/mol. The topological polar surface area (TPSA) is 95.6 Å². The summed E-state index contributed by atoms with van der Waals surface area (Å²) in [7, 11) is -3.69. The molecule has 0 radical (unpaired) electrons. The van der Waals surface area contributed by atoms with E-state index in [-0.39, 0.29) is 22.1 Å². The van der Waals surface area contributed by atoms with Gasteiger partial charge in [-0.15, -0.1) is 0 Å². The number of benzene rings is 2. The molecule has 0 aliphatic rings. The lowest BCUT2D eigenvalue weighted by Crippen LogP contribution is -2.47. The van der Waals surface area contributed by atoms with Crippen LogP contribution in [0.3, 0.4) is 0 Å². The molecule has 0 heterocycles. The molecule has 0 aliphatic heterocycles. The third kappa shape index (κ3) is 5.89. The molecule has 0 saturated carbocycles. The number of carbonyl (C=O) groups is 2. The van der Waals surface area contributed by atoms with Crippen molar-refractivity contribution in [1.82, 2.24) is 9.62 Å². The highest BCUT2D eigenvalue weighted by Crippen LogP contribution is 2.20. The molecule has 7 nitrogen and oxygen atoms in total. The van der Waals surface area contributed by atoms with Crippen LogP contribution in [0.4, 0.5) is 10.1 Å². The number of sulfonamides is 1. The Kier molecular flexibility index (Phi) is 8.29. The van der Waals surface area contributed by atoms with Gasteiger partial charge in [0.05, 0.1) is 10.5 Å². The quantitative estimate of drug-likeness (QED) is 0.614. The van der Waals surface area contributed by atoms with Crippen molar-refractivity contribution < 1.29 is 22.4 Å². The summed E-state index contributed by atoms with van der Waals surface area (Å²) >= 11 is 0. The lowest BCUT2D eigenvalue weighted by Gasteiger charge is -2.22. The van der Waals surface area contributed by atoms with Gasteiger partial charge in [-0.2, -0.15) is 4.31 Å². The molecule has 0 bridgehead atoms. The van der Waals surface area contributed by atoms with Gasteiger partial charge in [0, 0.05) is 18.8 Å². The molecular weight excluding hydrogens is 421 g/mol. The summed E-state index contributed by atoms with van der Waals surface area (Å²) in [6.45, 7) is 7.64. The zero-order chi connectivity index (χ0) is 23.2. The van der Waals surface area contributed by atoms with Crippen molar-refractivity contribution in [1.29, 1.82) is 0 Å². The van der Waals surface area contributed by atoms with Crippen molar-refractivity contribution in [3.63, 3.8) is 0 Å². The molecule has 2 aromatic carbocycles. The molecule has 0 aromatic heterocycles. The van der Waals surface area contributed by atoms with E-state index in [4.69, 9.17) is 0 Å². The van der Waals surface area contributed by atoms with Gasteiger partial charge in [-0.1, -0.05) is 45.9 Å². The first-order valence-electron chi connectivity index (χ1n) is 10.1. The highest BCUT2D eigenvalue weighted by molar-refractivity contribution is 7.89. The normalized spacial score (nSPS) is 12.6. The van der Waals surface area contributed by atoms with Gasteiger partial charge in [-0.05, 0) is 36.2 Å². The van der Waals surface area contributed by atoms with E-state index in [0.717, 1.165) is 0 Å². The van der Waals surface area contributed by atoms with E-state index in [1.165, 1.54) is 46.8 Å². The summed E-state index contributed by atoms with van der Waals surface area (Å²) in [6.07, 6.45) is 0. The van der Waals surface area contributed by atoms with Gasteiger partial charge in [0.1, 0.15) is 11.9 Å². The molecule has 9 heteroatoms. The third-order valence-corrected chi connectivity index (χ3v) is 6.84. The second kappa shape index (κ2) is 10.5. The van der Waals surface area contributed by atoms with Gasteiger partial charge in [0.25, 0.3) is 5.91 Å². The molecule has 2 amide bonds. The lowest BCUT2D eigenvalue weighted by atomic mass is 10.0. The van der Waals surface area contributed by atoms with Crippen LogP contribution in [-0.4, -0.2) is 43.7 Å². The van der Waals surface area contributed by atoms with E-state index < -0.39 is 33.7 Å². The van der Waals surface area contributed by atoms with E-state index in [1.807, 2.05) is 0 Å². The molecule has 0 saturated heterocycles. The fourth-order valence-electron chi connectivity index (χ4n) is 3.07. The predicted octanol–water partition coefficient (Wildman–Crippen LogP) is 3.25. The van der Waals surface area contributed by atoms with Crippen molar-refractivity contribution in [2.75, 3.05) is 18.4 Å². The molecule has 2 N–H and O–H groups in total. The molecule has 0 fully saturated rings. The molecule has 0 aliphatic carbocycles. The number of rotatable bonds is 9. The minimum atomic E-state index is -3.69. The van der Waals surface area contributed by atoms with E-state index in [9.17, 15) is 22.4 Å². The minimum absolute atomic E-state index is 0.0606. The average Bonchev–Trinajstić information content (AvgIpc) is 2.72. The molecule has 31 heavy (non-hydrogen) atoms. The summed E-state index contributed by atoms with van der Waals surface area (Å²) in [5.41, 5.74) is 0.122. The number of carbonyl (C=O) groups excluding carboxylic acids is 2. The third-order valence-electron chi connectivity index (χ3n) is 4.80. The maximum absolute atomic E-state index is 13.9. The molecule has 1 atom stereocenters. The first-order valence-corrected chi connectivity index (χ1v) is 11.5. The zero-order valence-corrected chi connectivity index (χ0v) is 18.9. The number of hydrogen-bond donors (Lipinski definition) is 2. The summed E-state index contributed by atoms with van der Waals surface area (Å²) in [4.78, 5) is 25.3. The van der Waals surface area contributed by atoms with Crippen LogP contribution in [0, 0.1) is 11.7 Å². The van der Waals surface area contributed by atoms with Gasteiger partial charge in [0.15, 0.2) is 0 Å². The molecule has 2 aromatic rings. The first kappa shape index (κ1) is 24.5. The van der Waals surface area contributed by atoms with Gasteiger partial charge >= 0.3 is 0 Å². The van der Waals surface area contributed by atoms with Crippen LogP contribution in [0.1, 0.15) is 38.1 Å². The second-order valence-electron chi connectivity index (χ2n) is 7.28. The SMILES string of the molecule is CCN(CC)S(=O)(=O)c1cccc(NC(=O)[C@@H](NC(=O)c2ccccc2F)C(C)C)c1. The number of hydrogen-bond acceptors (Lipinski definition) is 4. The van der Waals surface area contributed by atoms with Gasteiger partial charge in [-0.25, -0.2) is 12.8 Å². The Labute approximate surface area is 182 Å². The number of anilines is 1. The number of amides is 2. The number of halogens is 1. The Morgan fingerprint density at radius 1 is 1.03 bits per heavy atom. The lowest BCUT2D eigenvalue weighted by molar-refractivity contribution is -0.118. The molecule has 168 valence electrons. The van der Waals surface area contributed by atoms with E-state index in [0.29, 0.717) is 13.1 Å². The van der Waals surface area contributed by atoms with Crippen molar-refractivity contribution in [3.05, 3.63) is 59.9 Å². The van der Waals surface area contributed by atoms with Crippen LogP contribution >= 0.6 is 0 Å². The smallest absolute Gasteiger partial charge is 0.254 e. The van der Waals surface area contributed by atoms with Gasteiger partial charge < -0.3 is 10.6 Å².